The molecule has 0 N–H and O–H groups in total. The van der Waals surface area contributed by atoms with E-state index >= 15 is 0 Å². The highest BCUT2D eigenvalue weighted by molar-refractivity contribution is 6.23. The first kappa shape index (κ1) is 19.5. The van der Waals surface area contributed by atoms with Crippen molar-refractivity contribution in [3.63, 3.8) is 0 Å². The van der Waals surface area contributed by atoms with Crippen LogP contribution in [0.2, 0.25) is 0 Å². The van der Waals surface area contributed by atoms with Crippen molar-refractivity contribution in [2.24, 2.45) is 13.0 Å². The molecule has 5 rings (SSSR count). The summed E-state index contributed by atoms with van der Waals surface area (Å²) in [5.74, 6) is 0.652. The van der Waals surface area contributed by atoms with Gasteiger partial charge in [-0.25, -0.2) is 4.98 Å². The summed E-state index contributed by atoms with van der Waals surface area (Å²) in [5, 5.41) is 5.44. The molecule has 0 aliphatic heterocycles. The molecule has 0 saturated carbocycles. The predicted octanol–water partition coefficient (Wildman–Crippen LogP) is 6.31. The average Bonchev–Trinajstić information content (AvgIpc) is 2.75. The third-order valence-electron chi connectivity index (χ3n) is 7.10. The van der Waals surface area contributed by atoms with Crippen LogP contribution in [0, 0.1) is 12.8 Å². The smallest absolute Gasteiger partial charge is 0.239 e. The van der Waals surface area contributed by atoms with Crippen molar-refractivity contribution in [3.8, 4) is 0 Å². The molecule has 0 fully saturated rings. The highest BCUT2D eigenvalue weighted by Crippen LogP contribution is 2.37. The van der Waals surface area contributed by atoms with Crippen LogP contribution in [0.1, 0.15) is 61.7 Å². The molecule has 2 nitrogen and oxygen atoms in total. The van der Waals surface area contributed by atoms with Crippen LogP contribution in [-0.2, 0) is 32.7 Å². The van der Waals surface area contributed by atoms with Crippen molar-refractivity contribution in [2.45, 2.75) is 66.2 Å². The van der Waals surface area contributed by atoms with Gasteiger partial charge in [0.15, 0.2) is 0 Å². The molecule has 0 saturated heterocycles. The number of rotatable bonds is 3. The molecule has 0 unspecified atom stereocenters. The van der Waals surface area contributed by atoms with Crippen molar-refractivity contribution in [1.29, 1.82) is 0 Å². The molecule has 0 atom stereocenters. The minimum atomic E-state index is 0.652. The fraction of sp³-hybridized carbons (Fsp3) is 0.429. The van der Waals surface area contributed by atoms with Crippen LogP contribution in [0.3, 0.4) is 0 Å². The van der Waals surface area contributed by atoms with Gasteiger partial charge in [0.05, 0.1) is 5.39 Å². The summed E-state index contributed by atoms with van der Waals surface area (Å²) in [6.45, 7) is 9.19. The van der Waals surface area contributed by atoms with Crippen molar-refractivity contribution in [2.75, 3.05) is 0 Å². The Morgan fingerprint density at radius 2 is 1.77 bits per heavy atom. The lowest BCUT2D eigenvalue weighted by Crippen LogP contribution is -2.38. The van der Waals surface area contributed by atoms with E-state index < -0.39 is 0 Å². The molecule has 1 heterocycles. The average molecular weight is 398 g/mol. The largest absolute Gasteiger partial charge is 0.240 e. The van der Waals surface area contributed by atoms with E-state index in [0.717, 1.165) is 25.7 Å². The zero-order valence-electron chi connectivity index (χ0n) is 19.1. The number of benzene rings is 3. The zero-order valence-corrected chi connectivity index (χ0v) is 19.1. The Kier molecular flexibility index (Phi) is 4.76. The highest BCUT2D eigenvalue weighted by Gasteiger charge is 2.27. The molecule has 30 heavy (non-hydrogen) atoms. The van der Waals surface area contributed by atoms with E-state index in [1.807, 2.05) is 0 Å². The normalized spacial score (nSPS) is 14.2. The molecule has 154 valence electrons. The first-order chi connectivity index (χ1) is 14.5. The summed E-state index contributed by atoms with van der Waals surface area (Å²) in [7, 11) is 2.28. The minimum Gasteiger partial charge on any atom is -0.239 e. The lowest BCUT2D eigenvalue weighted by molar-refractivity contribution is -0.653. The van der Waals surface area contributed by atoms with Gasteiger partial charge in [-0.2, -0.15) is 4.57 Å². The minimum absolute atomic E-state index is 0.652. The molecule has 0 amide bonds. The Hall–Kier alpha value is -2.48. The van der Waals surface area contributed by atoms with E-state index in [1.165, 1.54) is 73.5 Å². The van der Waals surface area contributed by atoms with Crippen LogP contribution in [0.25, 0.3) is 32.6 Å². The predicted molar refractivity (Wildman–Crippen MR) is 127 cm³/mol. The van der Waals surface area contributed by atoms with Gasteiger partial charge in [-0.15, -0.1) is 0 Å². The summed E-state index contributed by atoms with van der Waals surface area (Å²) >= 11 is 0. The van der Waals surface area contributed by atoms with E-state index in [0.29, 0.717) is 5.92 Å². The molecule has 0 radical (unpaired) electrons. The van der Waals surface area contributed by atoms with Crippen molar-refractivity contribution >= 4 is 32.6 Å². The summed E-state index contributed by atoms with van der Waals surface area (Å²) < 4.78 is 2.49. The first-order valence-corrected chi connectivity index (χ1v) is 11.7. The topological polar surface area (TPSA) is 16.8 Å². The molecule has 2 heteroatoms. The highest BCUT2D eigenvalue weighted by atomic mass is 15.0. The monoisotopic (exact) mass is 397 g/mol. The van der Waals surface area contributed by atoms with Gasteiger partial charge in [-0.3, -0.25) is 0 Å². The maximum atomic E-state index is 5.34. The standard InChI is InChI=1S/C28H33N2/c1-6-19-11-13-21-22-14-12-20(15-17(2)3)18(4)26(22)28-27(23(21)16-19)29-24-9-7-8-10-25(24)30(28)5/h11-14,16-17H,6-10,15H2,1-5H3/q+1. The maximum Gasteiger partial charge on any atom is 0.240 e. The molecular formula is C28H33N2+. The van der Waals surface area contributed by atoms with Crippen LogP contribution in [0.4, 0.5) is 0 Å². The Balaban J connectivity index is 2.01. The van der Waals surface area contributed by atoms with Crippen LogP contribution in [0.5, 0.6) is 0 Å². The van der Waals surface area contributed by atoms with Crippen LogP contribution in [0.15, 0.2) is 30.3 Å². The van der Waals surface area contributed by atoms with Gasteiger partial charge in [-0.05, 0) is 78.5 Å². The van der Waals surface area contributed by atoms with Crippen LogP contribution < -0.4 is 4.57 Å². The Morgan fingerprint density at radius 1 is 1.00 bits per heavy atom. The lowest BCUT2D eigenvalue weighted by Gasteiger charge is -2.18. The lowest BCUT2D eigenvalue weighted by atomic mass is 9.89. The number of hydrogen-bond acceptors (Lipinski definition) is 1. The van der Waals surface area contributed by atoms with Crippen molar-refractivity contribution < 1.29 is 4.57 Å². The van der Waals surface area contributed by atoms with Gasteiger partial charge in [0.1, 0.15) is 18.3 Å². The summed E-state index contributed by atoms with van der Waals surface area (Å²) in [6, 6.07) is 11.7. The number of aromatic nitrogens is 2. The van der Waals surface area contributed by atoms with Gasteiger partial charge in [0.25, 0.3) is 0 Å². The molecule has 0 spiro atoms. The second-order valence-electron chi connectivity index (χ2n) is 9.57. The van der Waals surface area contributed by atoms with E-state index in [1.54, 1.807) is 0 Å². The second-order valence-corrected chi connectivity index (χ2v) is 9.57. The second kappa shape index (κ2) is 7.34. The van der Waals surface area contributed by atoms with E-state index in [-0.39, 0.29) is 0 Å². The van der Waals surface area contributed by atoms with Gasteiger partial charge in [0, 0.05) is 11.8 Å². The van der Waals surface area contributed by atoms with Crippen molar-refractivity contribution in [1.82, 2.24) is 4.98 Å². The quantitative estimate of drug-likeness (QED) is 0.292. The third-order valence-corrected chi connectivity index (χ3v) is 7.10. The number of hydrogen-bond donors (Lipinski definition) is 0. The van der Waals surface area contributed by atoms with Gasteiger partial charge in [0.2, 0.25) is 11.2 Å². The molecular weight excluding hydrogens is 364 g/mol. The van der Waals surface area contributed by atoms with E-state index in [2.05, 4.69) is 69.6 Å². The zero-order chi connectivity index (χ0) is 21.0. The third kappa shape index (κ3) is 2.92. The van der Waals surface area contributed by atoms with E-state index in [4.69, 9.17) is 4.98 Å². The fourth-order valence-electron chi connectivity index (χ4n) is 5.50. The molecule has 1 aliphatic rings. The molecule has 1 aromatic heterocycles. The van der Waals surface area contributed by atoms with Crippen molar-refractivity contribution in [3.05, 3.63) is 58.4 Å². The van der Waals surface area contributed by atoms with Gasteiger partial charge >= 0.3 is 0 Å². The summed E-state index contributed by atoms with van der Waals surface area (Å²) in [6.07, 6.45) is 6.97. The molecule has 4 aromatic rings. The first-order valence-electron chi connectivity index (χ1n) is 11.7. The Morgan fingerprint density at radius 3 is 2.53 bits per heavy atom. The molecule has 1 aliphatic carbocycles. The Labute approximate surface area is 179 Å². The summed E-state index contributed by atoms with van der Waals surface area (Å²) in [4.78, 5) is 5.34. The summed E-state index contributed by atoms with van der Waals surface area (Å²) in [5.41, 5.74) is 9.57. The Bertz CT molecular complexity index is 1300. The fourth-order valence-corrected chi connectivity index (χ4v) is 5.50. The molecule has 3 aromatic carbocycles. The SMILES string of the molecule is CCc1ccc2c(c1)c1nc3c([n+](C)c1c1c(C)c(CC(C)C)ccc21)CCCC3. The van der Waals surface area contributed by atoms with Crippen LogP contribution >= 0.6 is 0 Å². The molecule has 0 bridgehead atoms. The van der Waals surface area contributed by atoms with Crippen LogP contribution in [-0.4, -0.2) is 4.98 Å². The number of aryl methyl sites for hydroxylation is 4. The number of nitrogens with zero attached hydrogens (tertiary/aromatic N) is 2. The van der Waals surface area contributed by atoms with Gasteiger partial charge < -0.3 is 0 Å². The number of fused-ring (bicyclic) bond motifs is 7. The maximum absolute atomic E-state index is 5.34. The van der Waals surface area contributed by atoms with Gasteiger partial charge in [-0.1, -0.05) is 45.0 Å². The van der Waals surface area contributed by atoms with E-state index in [9.17, 15) is 0 Å².